The van der Waals surface area contributed by atoms with Crippen molar-refractivity contribution in [2.24, 2.45) is 0 Å². The van der Waals surface area contributed by atoms with E-state index < -0.39 is 40.3 Å². The molecule has 12 heteroatoms. The lowest BCUT2D eigenvalue weighted by Crippen LogP contribution is -2.54. The number of fused-ring (bicyclic) bond motifs is 5. The van der Waals surface area contributed by atoms with E-state index in [-0.39, 0.29) is 42.4 Å². The lowest BCUT2D eigenvalue weighted by molar-refractivity contribution is -0.187. The van der Waals surface area contributed by atoms with Gasteiger partial charge in [0.15, 0.2) is 0 Å². The Morgan fingerprint density at radius 3 is 2.23 bits per heavy atom. The number of ether oxygens (including phenoxy) is 1. The van der Waals surface area contributed by atoms with Gasteiger partial charge < -0.3 is 26.0 Å². The van der Waals surface area contributed by atoms with Crippen LogP contribution < -0.4 is 11.1 Å². The molecule has 1 amide bonds. The number of nitrogens with one attached hydrogen (secondary N) is 1. The Hall–Kier alpha value is -4.21. The van der Waals surface area contributed by atoms with Crippen LogP contribution >= 0.6 is 0 Å². The molecule has 0 radical (unpaired) electrons. The zero-order chi connectivity index (χ0) is 28.3. The van der Waals surface area contributed by atoms with Crippen molar-refractivity contribution in [3.63, 3.8) is 0 Å². The molecule has 2 bridgehead atoms. The van der Waals surface area contributed by atoms with Crippen molar-refractivity contribution in [1.29, 1.82) is 5.26 Å². The van der Waals surface area contributed by atoms with E-state index in [1.165, 1.54) is 12.1 Å². The van der Waals surface area contributed by atoms with Crippen molar-refractivity contribution < 1.29 is 32.9 Å². The monoisotopic (exact) mass is 541 g/mol. The van der Waals surface area contributed by atoms with Crippen molar-refractivity contribution in [2.45, 2.75) is 37.8 Å². The number of aromatic nitrogens is 1. The fraction of sp³-hybridized carbons (Fsp3) is 0.333. The van der Waals surface area contributed by atoms with Crippen LogP contribution in [0.1, 0.15) is 41.7 Å². The van der Waals surface area contributed by atoms with E-state index in [1.54, 1.807) is 26.0 Å². The zero-order valence-electron chi connectivity index (χ0n) is 21.1. The van der Waals surface area contributed by atoms with Crippen LogP contribution in [-0.2, 0) is 33.5 Å². The van der Waals surface area contributed by atoms with Gasteiger partial charge in [-0.1, -0.05) is 12.1 Å². The third-order valence-corrected chi connectivity index (χ3v) is 7.20. The molecule has 3 aromatic rings. The minimum atomic E-state index is -4.81. The van der Waals surface area contributed by atoms with E-state index in [4.69, 9.17) is 15.7 Å². The Kier molecular flexibility index (Phi) is 6.04. The van der Waals surface area contributed by atoms with Crippen molar-refractivity contribution in [3.8, 4) is 23.5 Å². The summed E-state index contributed by atoms with van der Waals surface area (Å²) in [6.45, 7) is 4.10. The Bertz CT molecular complexity index is 1470. The fourth-order valence-electron chi connectivity index (χ4n) is 5.74. The number of carbonyl (C=O) groups excluding carboxylic acids is 1. The highest BCUT2D eigenvalue weighted by atomic mass is 19.4. The molecule has 2 unspecified atom stereocenters. The lowest BCUT2D eigenvalue weighted by atomic mass is 9.94. The molecular formula is C27H26F3N5O4. The van der Waals surface area contributed by atoms with Crippen LogP contribution in [0.2, 0.25) is 0 Å². The maximum absolute atomic E-state index is 13.6. The summed E-state index contributed by atoms with van der Waals surface area (Å²) >= 11 is 0. The molecular weight excluding hydrogens is 515 g/mol. The minimum Gasteiger partial charge on any atom is -0.494 e. The van der Waals surface area contributed by atoms with Crippen molar-refractivity contribution in [2.75, 3.05) is 25.4 Å². The van der Waals surface area contributed by atoms with Crippen molar-refractivity contribution >= 4 is 11.6 Å². The van der Waals surface area contributed by atoms with Gasteiger partial charge in [0.05, 0.1) is 40.6 Å². The summed E-state index contributed by atoms with van der Waals surface area (Å²) in [4.78, 5) is 14.5. The van der Waals surface area contributed by atoms with Gasteiger partial charge in [-0.15, -0.1) is 0 Å². The second-order valence-corrected chi connectivity index (χ2v) is 10.3. The van der Waals surface area contributed by atoms with E-state index in [0.717, 1.165) is 16.2 Å². The summed E-state index contributed by atoms with van der Waals surface area (Å²) in [5.74, 6) is -1.18. The highest BCUT2D eigenvalue weighted by molar-refractivity contribution is 5.78. The quantitative estimate of drug-likeness (QED) is 0.363. The van der Waals surface area contributed by atoms with Crippen molar-refractivity contribution in [3.05, 3.63) is 70.3 Å². The molecule has 2 aliphatic rings. The van der Waals surface area contributed by atoms with Crippen LogP contribution in [0.5, 0.6) is 11.8 Å². The smallest absolute Gasteiger partial charge is 0.417 e. The minimum absolute atomic E-state index is 0.0277. The number of halogens is 3. The van der Waals surface area contributed by atoms with Crippen LogP contribution in [0.4, 0.5) is 18.9 Å². The predicted molar refractivity (Wildman–Crippen MR) is 134 cm³/mol. The fourth-order valence-corrected chi connectivity index (χ4v) is 5.74. The number of nitrogens with two attached hydrogens (primary N) is 1. The number of morpholine rings is 1. The van der Waals surface area contributed by atoms with Gasteiger partial charge in [-0.05, 0) is 49.7 Å². The number of nitriles is 1. The molecule has 5 rings (SSSR count). The summed E-state index contributed by atoms with van der Waals surface area (Å²) in [6, 6.07) is 11.6. The summed E-state index contributed by atoms with van der Waals surface area (Å²) in [7, 11) is 0. The first kappa shape index (κ1) is 26.4. The van der Waals surface area contributed by atoms with E-state index in [0.29, 0.717) is 18.3 Å². The van der Waals surface area contributed by atoms with E-state index in [1.807, 2.05) is 17.0 Å². The molecule has 39 heavy (non-hydrogen) atoms. The van der Waals surface area contributed by atoms with Gasteiger partial charge in [-0.25, -0.2) is 0 Å². The number of anilines is 1. The predicted octanol–water partition coefficient (Wildman–Crippen LogP) is 3.45. The number of amides is 1. The Balaban J connectivity index is 1.42. The number of carbonyl (C=O) groups is 1. The Labute approximate surface area is 221 Å². The van der Waals surface area contributed by atoms with E-state index in [2.05, 4.69) is 5.32 Å². The van der Waals surface area contributed by atoms with Gasteiger partial charge in [0.25, 0.3) is 0 Å². The van der Waals surface area contributed by atoms with Crippen LogP contribution in [-0.4, -0.2) is 45.2 Å². The molecule has 2 aliphatic heterocycles. The summed E-state index contributed by atoms with van der Waals surface area (Å²) in [5.41, 5.74) is 3.44. The van der Waals surface area contributed by atoms with Gasteiger partial charge >= 0.3 is 6.18 Å². The number of benzene rings is 2. The average Bonchev–Trinajstić information content (AvgIpc) is 3.22. The first-order chi connectivity index (χ1) is 18.3. The molecule has 0 saturated carbocycles. The van der Waals surface area contributed by atoms with Gasteiger partial charge in [0, 0.05) is 25.3 Å². The normalized spacial score (nSPS) is 22.4. The molecule has 0 aliphatic carbocycles. The molecule has 9 nitrogen and oxygen atoms in total. The van der Waals surface area contributed by atoms with E-state index in [9.17, 15) is 28.2 Å². The van der Waals surface area contributed by atoms with Crippen LogP contribution in [0, 0.1) is 11.3 Å². The number of hydrogen-bond acceptors (Lipinski definition) is 7. The lowest BCUT2D eigenvalue weighted by Gasteiger charge is -2.43. The Morgan fingerprint density at radius 1 is 1.10 bits per heavy atom. The van der Waals surface area contributed by atoms with Crippen LogP contribution in [0.25, 0.3) is 5.69 Å². The number of rotatable bonds is 5. The molecule has 1 fully saturated rings. The van der Waals surface area contributed by atoms with Crippen LogP contribution in [0.15, 0.2) is 42.5 Å². The molecule has 204 valence electrons. The van der Waals surface area contributed by atoms with Crippen LogP contribution in [0.3, 0.4) is 0 Å². The number of nitrogens with zero attached hydrogens (tertiary/aromatic N) is 3. The average molecular weight is 542 g/mol. The number of alkyl halides is 3. The Morgan fingerprint density at radius 2 is 1.69 bits per heavy atom. The molecule has 0 spiro atoms. The largest absolute Gasteiger partial charge is 0.494 e. The van der Waals surface area contributed by atoms with Gasteiger partial charge in [-0.3, -0.25) is 14.3 Å². The second-order valence-electron chi connectivity index (χ2n) is 10.3. The standard InChI is InChI=1S/C27H26F3N5O4/c1-25-13-34(12-20(36)33-11-15-3-6-17(32)7-4-15)14-26(2,39-25)22-21(25)23(37)35(24(22)38)18-8-5-16(10-31)19(9-18)27(28,29)30/h3-9,37-38H,11-14,32H2,1-2H3,(H,33,36). The van der Waals surface area contributed by atoms with Gasteiger partial charge in [-0.2, -0.15) is 18.4 Å². The van der Waals surface area contributed by atoms with Crippen molar-refractivity contribution in [1.82, 2.24) is 14.8 Å². The topological polar surface area (TPSA) is 137 Å². The third-order valence-electron chi connectivity index (χ3n) is 7.20. The highest BCUT2D eigenvalue weighted by Gasteiger charge is 2.59. The number of aromatic hydroxyl groups is 2. The van der Waals surface area contributed by atoms with E-state index >= 15 is 0 Å². The molecule has 5 N–H and O–H groups in total. The first-order valence-corrected chi connectivity index (χ1v) is 12.1. The number of hydrogen-bond donors (Lipinski definition) is 4. The summed E-state index contributed by atoms with van der Waals surface area (Å²) in [6.07, 6.45) is -4.81. The molecule has 3 heterocycles. The molecule has 2 aromatic carbocycles. The third kappa shape index (κ3) is 4.43. The van der Waals surface area contributed by atoms with Gasteiger partial charge in [0.2, 0.25) is 17.7 Å². The number of nitrogen functional groups attached to an aromatic ring is 1. The highest BCUT2D eigenvalue weighted by Crippen LogP contribution is 2.59. The zero-order valence-corrected chi connectivity index (χ0v) is 21.1. The van der Waals surface area contributed by atoms with Gasteiger partial charge in [0.1, 0.15) is 11.2 Å². The maximum atomic E-state index is 13.6. The SMILES string of the molecule is CC12CN(CC(=O)NCc3ccc(N)cc3)CC(C)(O1)c1c2c(O)n(-c2ccc(C#N)c(C(F)(F)F)c2)c1O. The molecule has 1 saturated heterocycles. The molecule has 1 aromatic heterocycles. The first-order valence-electron chi connectivity index (χ1n) is 12.1. The maximum Gasteiger partial charge on any atom is 0.417 e. The summed E-state index contributed by atoms with van der Waals surface area (Å²) < 4.78 is 47.9. The second kappa shape index (κ2) is 8.93. The summed E-state index contributed by atoms with van der Waals surface area (Å²) in [5, 5.41) is 34.4. The molecule has 2 atom stereocenters.